The van der Waals surface area contributed by atoms with Crippen LogP contribution in [0.25, 0.3) is 22.6 Å². The summed E-state index contributed by atoms with van der Waals surface area (Å²) >= 11 is 5.08. The first kappa shape index (κ1) is 13.4. The summed E-state index contributed by atoms with van der Waals surface area (Å²) < 4.78 is 2.11. The second-order valence-corrected chi connectivity index (χ2v) is 5.16. The first-order chi connectivity index (χ1) is 10.1. The van der Waals surface area contributed by atoms with Gasteiger partial charge >= 0.3 is 0 Å². The van der Waals surface area contributed by atoms with E-state index < -0.39 is 0 Å². The summed E-state index contributed by atoms with van der Waals surface area (Å²) in [5.74, 6) is 0.483. The van der Waals surface area contributed by atoms with E-state index in [0.29, 0.717) is 21.9 Å². The first-order valence-corrected chi connectivity index (χ1v) is 6.75. The van der Waals surface area contributed by atoms with Gasteiger partial charge in [0.1, 0.15) is 0 Å². The van der Waals surface area contributed by atoms with Crippen LogP contribution < -0.4 is 5.56 Å². The molecule has 0 aliphatic carbocycles. The molecule has 2 aromatic heterocycles. The summed E-state index contributed by atoms with van der Waals surface area (Å²) in [6.45, 7) is 2.02. The maximum absolute atomic E-state index is 12.0. The molecule has 21 heavy (non-hydrogen) atoms. The average molecular weight is 299 g/mol. The van der Waals surface area contributed by atoms with Gasteiger partial charge in [0, 0.05) is 12.6 Å². The molecular formula is C14H13N5OS. The highest BCUT2D eigenvalue weighted by atomic mass is 32.1. The molecule has 0 aliphatic heterocycles. The Morgan fingerprint density at radius 1 is 1.14 bits per heavy atom. The van der Waals surface area contributed by atoms with E-state index in [1.54, 1.807) is 17.7 Å². The average Bonchev–Trinajstić information content (AvgIpc) is 2.81. The SMILES string of the molecule is Cc1ccc(-c2cc(-c3n[nH]c(=S)n3C)c(=O)[nH]n2)cc1. The minimum absolute atomic E-state index is 0.303. The Kier molecular flexibility index (Phi) is 3.26. The lowest BCUT2D eigenvalue weighted by atomic mass is 10.1. The van der Waals surface area contributed by atoms with Crippen LogP contribution in [-0.4, -0.2) is 25.0 Å². The van der Waals surface area contributed by atoms with Crippen LogP contribution in [0.5, 0.6) is 0 Å². The molecule has 2 N–H and O–H groups in total. The lowest BCUT2D eigenvalue weighted by molar-refractivity contribution is 0.894. The van der Waals surface area contributed by atoms with E-state index in [2.05, 4.69) is 20.4 Å². The maximum atomic E-state index is 12.0. The van der Waals surface area contributed by atoms with Gasteiger partial charge in [-0.2, -0.15) is 10.2 Å². The number of aromatic amines is 2. The third-order valence-corrected chi connectivity index (χ3v) is 3.64. The van der Waals surface area contributed by atoms with Crippen molar-refractivity contribution in [3.8, 4) is 22.6 Å². The van der Waals surface area contributed by atoms with Crippen molar-refractivity contribution in [3.63, 3.8) is 0 Å². The molecule has 0 saturated carbocycles. The van der Waals surface area contributed by atoms with Gasteiger partial charge in [0.25, 0.3) is 5.56 Å². The van der Waals surface area contributed by atoms with Gasteiger partial charge in [-0.1, -0.05) is 29.8 Å². The molecule has 0 spiro atoms. The highest BCUT2D eigenvalue weighted by Gasteiger charge is 2.12. The Balaban J connectivity index is 2.17. The van der Waals surface area contributed by atoms with Gasteiger partial charge in [-0.3, -0.25) is 9.89 Å². The standard InChI is InChI=1S/C14H13N5OS/c1-8-3-5-9(6-4-8)11-7-10(13(20)17-15-11)12-16-18-14(21)19(12)2/h3-7H,1-2H3,(H,17,20)(H,18,21). The van der Waals surface area contributed by atoms with Gasteiger partial charge in [-0.25, -0.2) is 5.10 Å². The van der Waals surface area contributed by atoms with Crippen molar-refractivity contribution in [2.24, 2.45) is 7.05 Å². The fourth-order valence-electron chi connectivity index (χ4n) is 2.03. The van der Waals surface area contributed by atoms with Gasteiger partial charge in [-0.05, 0) is 25.2 Å². The topological polar surface area (TPSA) is 79.4 Å². The van der Waals surface area contributed by atoms with E-state index in [4.69, 9.17) is 12.2 Å². The van der Waals surface area contributed by atoms with Gasteiger partial charge < -0.3 is 4.57 Å². The zero-order chi connectivity index (χ0) is 15.0. The minimum atomic E-state index is -0.303. The van der Waals surface area contributed by atoms with E-state index in [-0.39, 0.29) is 5.56 Å². The van der Waals surface area contributed by atoms with Gasteiger partial charge in [-0.15, -0.1) is 0 Å². The molecule has 7 heteroatoms. The molecule has 0 atom stereocenters. The highest BCUT2D eigenvalue weighted by molar-refractivity contribution is 7.71. The maximum Gasteiger partial charge on any atom is 0.275 e. The highest BCUT2D eigenvalue weighted by Crippen LogP contribution is 2.20. The number of hydrogen-bond acceptors (Lipinski definition) is 4. The molecule has 2 heterocycles. The molecule has 3 aromatic rings. The molecule has 106 valence electrons. The monoisotopic (exact) mass is 299 g/mol. The zero-order valence-electron chi connectivity index (χ0n) is 11.5. The second-order valence-electron chi connectivity index (χ2n) is 4.77. The molecule has 1 aromatic carbocycles. The molecule has 0 aliphatic rings. The van der Waals surface area contributed by atoms with Crippen molar-refractivity contribution < 1.29 is 0 Å². The largest absolute Gasteiger partial charge is 0.303 e. The number of aromatic nitrogens is 5. The lowest BCUT2D eigenvalue weighted by Crippen LogP contribution is -2.13. The molecular weight excluding hydrogens is 286 g/mol. The Bertz CT molecular complexity index is 904. The quantitative estimate of drug-likeness (QED) is 0.711. The number of hydrogen-bond donors (Lipinski definition) is 2. The number of H-pyrrole nitrogens is 2. The smallest absolute Gasteiger partial charge is 0.275 e. The van der Waals surface area contributed by atoms with Crippen LogP contribution in [0.4, 0.5) is 0 Å². The normalized spacial score (nSPS) is 10.8. The zero-order valence-corrected chi connectivity index (χ0v) is 12.4. The Morgan fingerprint density at radius 2 is 1.86 bits per heavy atom. The van der Waals surface area contributed by atoms with Crippen molar-refractivity contribution in [1.82, 2.24) is 25.0 Å². The van der Waals surface area contributed by atoms with Crippen molar-refractivity contribution >= 4 is 12.2 Å². The van der Waals surface area contributed by atoms with Gasteiger partial charge in [0.15, 0.2) is 10.6 Å². The Morgan fingerprint density at radius 3 is 2.48 bits per heavy atom. The number of nitrogens with zero attached hydrogens (tertiary/aromatic N) is 3. The Hall–Kier alpha value is -2.54. The van der Waals surface area contributed by atoms with Crippen molar-refractivity contribution in [3.05, 3.63) is 51.0 Å². The van der Waals surface area contributed by atoms with Crippen LogP contribution in [-0.2, 0) is 7.05 Å². The second kappa shape index (κ2) is 5.10. The lowest BCUT2D eigenvalue weighted by Gasteiger charge is -2.04. The molecule has 6 nitrogen and oxygen atoms in total. The summed E-state index contributed by atoms with van der Waals surface area (Å²) in [6, 6.07) is 9.63. The van der Waals surface area contributed by atoms with E-state index >= 15 is 0 Å². The predicted molar refractivity (Wildman–Crippen MR) is 82.4 cm³/mol. The molecule has 0 radical (unpaired) electrons. The third-order valence-electron chi connectivity index (χ3n) is 3.27. The van der Waals surface area contributed by atoms with Crippen molar-refractivity contribution in [2.45, 2.75) is 6.92 Å². The number of benzene rings is 1. The fourth-order valence-corrected chi connectivity index (χ4v) is 2.16. The van der Waals surface area contributed by atoms with Crippen LogP contribution in [0.1, 0.15) is 5.56 Å². The summed E-state index contributed by atoms with van der Waals surface area (Å²) in [4.78, 5) is 12.0. The molecule has 0 fully saturated rings. The van der Waals surface area contributed by atoms with Crippen LogP contribution in [0, 0.1) is 11.7 Å². The van der Waals surface area contributed by atoms with Crippen LogP contribution >= 0.6 is 12.2 Å². The third kappa shape index (κ3) is 2.43. The predicted octanol–water partition coefficient (Wildman–Crippen LogP) is 2.20. The molecule has 0 unspecified atom stereocenters. The van der Waals surface area contributed by atoms with E-state index in [1.807, 2.05) is 31.2 Å². The summed E-state index contributed by atoms with van der Waals surface area (Å²) in [7, 11) is 1.76. The molecule has 0 amide bonds. The van der Waals surface area contributed by atoms with E-state index in [1.165, 1.54) is 0 Å². The number of aryl methyl sites for hydroxylation is 1. The van der Waals surface area contributed by atoms with Crippen LogP contribution in [0.3, 0.4) is 0 Å². The van der Waals surface area contributed by atoms with Crippen LogP contribution in [0.15, 0.2) is 35.1 Å². The van der Waals surface area contributed by atoms with Crippen molar-refractivity contribution in [2.75, 3.05) is 0 Å². The summed E-state index contributed by atoms with van der Waals surface area (Å²) in [5, 5.41) is 13.4. The summed E-state index contributed by atoms with van der Waals surface area (Å²) in [6.07, 6.45) is 0. The van der Waals surface area contributed by atoms with Gasteiger partial charge in [0.2, 0.25) is 0 Å². The van der Waals surface area contributed by atoms with Crippen LogP contribution in [0.2, 0.25) is 0 Å². The fraction of sp³-hybridized carbons (Fsp3) is 0.143. The van der Waals surface area contributed by atoms with E-state index in [0.717, 1.165) is 11.1 Å². The Labute approximate surface area is 125 Å². The molecule has 0 saturated heterocycles. The molecule has 3 rings (SSSR count). The number of rotatable bonds is 2. The van der Waals surface area contributed by atoms with Crippen molar-refractivity contribution in [1.29, 1.82) is 0 Å². The summed E-state index contributed by atoms with van der Waals surface area (Å²) in [5.41, 5.74) is 2.89. The first-order valence-electron chi connectivity index (χ1n) is 6.35. The van der Waals surface area contributed by atoms with Gasteiger partial charge in [0.05, 0.1) is 11.3 Å². The van der Waals surface area contributed by atoms with E-state index in [9.17, 15) is 4.79 Å². The molecule has 0 bridgehead atoms. The number of nitrogens with one attached hydrogen (secondary N) is 2. The minimum Gasteiger partial charge on any atom is -0.303 e.